The number of carbonyl (C=O) groups is 3. The summed E-state index contributed by atoms with van der Waals surface area (Å²) in [5.41, 5.74) is 1.90. The predicted octanol–water partition coefficient (Wildman–Crippen LogP) is -1.26. The average Bonchev–Trinajstić information content (AvgIpc) is 2.16. The van der Waals surface area contributed by atoms with Crippen molar-refractivity contribution in [3.05, 3.63) is 0 Å². The molecule has 0 aromatic rings. The molecule has 9 heteroatoms. The number of hydrogen-bond donors (Lipinski definition) is 3. The molecule has 1 atom stereocenters. The van der Waals surface area contributed by atoms with Crippen LogP contribution in [0, 0.1) is 0 Å². The summed E-state index contributed by atoms with van der Waals surface area (Å²) in [5, 5.41) is 7.62. The van der Waals surface area contributed by atoms with Crippen molar-refractivity contribution in [2.75, 3.05) is 5.75 Å². The summed E-state index contributed by atoms with van der Waals surface area (Å²) in [4.78, 5) is 32.2. The quantitative estimate of drug-likeness (QED) is 0.309. The lowest BCUT2D eigenvalue weighted by Crippen LogP contribution is -2.39. The lowest BCUT2D eigenvalue weighted by atomic mass is 10.6. The molecule has 0 aliphatic carbocycles. The fraction of sp³-hybridized carbons (Fsp3) is 0.400. The van der Waals surface area contributed by atoms with Crippen LogP contribution < -0.4 is 16.6 Å². The van der Waals surface area contributed by atoms with Gasteiger partial charge in [-0.2, -0.15) is 5.11 Å². The number of nitrogens with two attached hydrogens (primary N) is 1. The summed E-state index contributed by atoms with van der Waals surface area (Å²) >= 11 is 0.923. The van der Waals surface area contributed by atoms with Crippen molar-refractivity contribution in [2.45, 2.75) is 5.37 Å². The molecule has 1 unspecified atom stereocenters. The summed E-state index contributed by atoms with van der Waals surface area (Å²) in [6.45, 7) is 0. The lowest BCUT2D eigenvalue weighted by molar-refractivity contribution is -0.119. The van der Waals surface area contributed by atoms with Crippen LogP contribution in [-0.4, -0.2) is 29.0 Å². The van der Waals surface area contributed by atoms with E-state index in [9.17, 15) is 14.4 Å². The molecule has 4 N–H and O–H groups in total. The third-order valence-electron chi connectivity index (χ3n) is 1.24. The molecule has 0 spiro atoms. The number of azo groups is 1. The Hall–Kier alpha value is -1.48. The van der Waals surface area contributed by atoms with E-state index in [1.54, 1.807) is 0 Å². The second kappa shape index (κ2) is 4.67. The van der Waals surface area contributed by atoms with Gasteiger partial charge in [0.05, 0.1) is 5.75 Å². The highest BCUT2D eigenvalue weighted by atomic mass is 32.2. The van der Waals surface area contributed by atoms with Crippen LogP contribution in [0.25, 0.3) is 0 Å². The van der Waals surface area contributed by atoms with E-state index < -0.39 is 23.2 Å². The topological polar surface area (TPSA) is 126 Å². The van der Waals surface area contributed by atoms with Gasteiger partial charge >= 0.3 is 6.03 Å². The first-order valence-corrected chi connectivity index (χ1v) is 4.55. The minimum Gasteiger partial charge on any atom is -0.294 e. The summed E-state index contributed by atoms with van der Waals surface area (Å²) < 4.78 is 0. The van der Waals surface area contributed by atoms with E-state index in [2.05, 4.69) is 10.2 Å². The summed E-state index contributed by atoms with van der Waals surface area (Å²) in [6.07, 6.45) is 0. The molecular formula is C5H7N5O3S. The lowest BCUT2D eigenvalue weighted by Gasteiger charge is -2.12. The van der Waals surface area contributed by atoms with Gasteiger partial charge in [-0.05, 0) is 0 Å². The van der Waals surface area contributed by atoms with Crippen LogP contribution in [0.2, 0.25) is 0 Å². The summed E-state index contributed by atoms with van der Waals surface area (Å²) in [5.74, 6) is 3.78. The maximum atomic E-state index is 11.0. The Balaban J connectivity index is 2.45. The Morgan fingerprint density at radius 1 is 1.64 bits per heavy atom. The second-order valence-electron chi connectivity index (χ2n) is 2.24. The number of rotatable bonds is 3. The number of hydrazine groups is 1. The van der Waals surface area contributed by atoms with Gasteiger partial charge in [-0.1, -0.05) is 5.11 Å². The van der Waals surface area contributed by atoms with Gasteiger partial charge in [-0.3, -0.25) is 20.3 Å². The van der Waals surface area contributed by atoms with E-state index in [1.807, 2.05) is 10.7 Å². The number of carbonyl (C=O) groups excluding carboxylic acids is 3. The van der Waals surface area contributed by atoms with Crippen molar-refractivity contribution in [1.82, 2.24) is 10.7 Å². The monoisotopic (exact) mass is 217 g/mol. The first-order chi connectivity index (χ1) is 6.63. The molecule has 8 nitrogen and oxygen atoms in total. The molecule has 1 aliphatic heterocycles. The number of amides is 4. The predicted molar refractivity (Wildman–Crippen MR) is 47.0 cm³/mol. The van der Waals surface area contributed by atoms with Crippen molar-refractivity contribution >= 4 is 29.6 Å². The van der Waals surface area contributed by atoms with Gasteiger partial charge in [0.1, 0.15) is 0 Å². The zero-order valence-corrected chi connectivity index (χ0v) is 7.71. The van der Waals surface area contributed by atoms with Crippen LogP contribution in [-0.2, 0) is 9.59 Å². The SMILES string of the molecule is NNC(=O)CSC1N=NC(=O)NC1=O. The minimum absolute atomic E-state index is 0.0260. The molecule has 0 aromatic carbocycles. The zero-order valence-electron chi connectivity index (χ0n) is 6.89. The molecule has 0 saturated heterocycles. The van der Waals surface area contributed by atoms with Crippen LogP contribution in [0.15, 0.2) is 10.2 Å². The molecule has 4 amide bonds. The number of urea groups is 1. The van der Waals surface area contributed by atoms with Gasteiger partial charge in [0.25, 0.3) is 5.91 Å². The number of nitrogens with one attached hydrogen (secondary N) is 2. The van der Waals surface area contributed by atoms with Crippen LogP contribution in [0.1, 0.15) is 0 Å². The van der Waals surface area contributed by atoms with Crippen molar-refractivity contribution in [3.8, 4) is 0 Å². The Morgan fingerprint density at radius 2 is 2.36 bits per heavy atom. The Morgan fingerprint density at radius 3 is 2.93 bits per heavy atom. The van der Waals surface area contributed by atoms with E-state index >= 15 is 0 Å². The van der Waals surface area contributed by atoms with Crippen LogP contribution in [0.5, 0.6) is 0 Å². The molecule has 1 rings (SSSR count). The standard InChI is InChI=1S/C5H7N5O3S/c6-8-2(11)1-14-4-3(12)7-5(13)10-9-4/h4H,1,6H2,(H,8,11)(H,7,12,13). The van der Waals surface area contributed by atoms with Crippen LogP contribution in [0.3, 0.4) is 0 Å². The van der Waals surface area contributed by atoms with Crippen molar-refractivity contribution in [3.63, 3.8) is 0 Å². The molecule has 0 saturated carbocycles. The van der Waals surface area contributed by atoms with Gasteiger partial charge in [-0.15, -0.1) is 11.8 Å². The zero-order chi connectivity index (χ0) is 10.6. The molecule has 0 fully saturated rings. The fourth-order valence-corrected chi connectivity index (χ4v) is 1.37. The van der Waals surface area contributed by atoms with E-state index in [0.717, 1.165) is 11.8 Å². The third kappa shape index (κ3) is 2.78. The molecule has 1 heterocycles. The highest BCUT2D eigenvalue weighted by molar-refractivity contribution is 8.01. The molecule has 0 bridgehead atoms. The molecule has 0 aromatic heterocycles. The van der Waals surface area contributed by atoms with Gasteiger partial charge in [0.15, 0.2) is 5.37 Å². The smallest absolute Gasteiger partial charge is 0.294 e. The second-order valence-corrected chi connectivity index (χ2v) is 3.31. The highest BCUT2D eigenvalue weighted by Gasteiger charge is 2.25. The first kappa shape index (κ1) is 10.6. The number of nitrogens with zero attached hydrogens (tertiary/aromatic N) is 2. The molecule has 1 aliphatic rings. The highest BCUT2D eigenvalue weighted by Crippen LogP contribution is 2.15. The fourth-order valence-electron chi connectivity index (χ4n) is 0.655. The Labute approximate surface area is 82.7 Å². The van der Waals surface area contributed by atoms with Crippen molar-refractivity contribution in [2.24, 2.45) is 16.1 Å². The van der Waals surface area contributed by atoms with E-state index in [-0.39, 0.29) is 5.75 Å². The molecule has 76 valence electrons. The van der Waals surface area contributed by atoms with Crippen LogP contribution >= 0.6 is 11.8 Å². The van der Waals surface area contributed by atoms with Gasteiger partial charge in [0, 0.05) is 0 Å². The molecule has 14 heavy (non-hydrogen) atoms. The summed E-state index contributed by atoms with van der Waals surface area (Å²) in [7, 11) is 0. The molecular weight excluding hydrogens is 210 g/mol. The Kier molecular flexibility index (Phi) is 3.54. The van der Waals surface area contributed by atoms with Gasteiger partial charge in [-0.25, -0.2) is 10.6 Å². The molecule has 0 radical (unpaired) electrons. The van der Waals surface area contributed by atoms with E-state index in [4.69, 9.17) is 5.84 Å². The van der Waals surface area contributed by atoms with Gasteiger partial charge in [0.2, 0.25) is 5.91 Å². The average molecular weight is 217 g/mol. The van der Waals surface area contributed by atoms with Gasteiger partial charge < -0.3 is 0 Å². The normalized spacial score (nSPS) is 20.5. The number of imide groups is 1. The van der Waals surface area contributed by atoms with Crippen molar-refractivity contribution in [1.29, 1.82) is 0 Å². The number of thioether (sulfide) groups is 1. The maximum absolute atomic E-state index is 11.0. The Bertz CT molecular complexity index is 304. The summed E-state index contributed by atoms with van der Waals surface area (Å²) in [6, 6.07) is -0.796. The van der Waals surface area contributed by atoms with Crippen molar-refractivity contribution < 1.29 is 14.4 Å². The van der Waals surface area contributed by atoms with E-state index in [0.29, 0.717) is 0 Å². The maximum Gasteiger partial charge on any atom is 0.366 e. The largest absolute Gasteiger partial charge is 0.366 e. The number of hydrogen-bond acceptors (Lipinski definition) is 6. The van der Waals surface area contributed by atoms with E-state index in [1.165, 1.54) is 0 Å². The minimum atomic E-state index is -0.870. The van der Waals surface area contributed by atoms with Crippen LogP contribution in [0.4, 0.5) is 4.79 Å². The third-order valence-corrected chi connectivity index (χ3v) is 2.29. The first-order valence-electron chi connectivity index (χ1n) is 3.50.